The molecule has 7 heteroatoms. The van der Waals surface area contributed by atoms with Gasteiger partial charge in [0.05, 0.1) is 5.75 Å². The summed E-state index contributed by atoms with van der Waals surface area (Å²) in [5.41, 5.74) is 0.971. The molecule has 2 N–H and O–H groups in total. The lowest BCUT2D eigenvalue weighted by molar-refractivity contribution is -0.117. The summed E-state index contributed by atoms with van der Waals surface area (Å²) in [6.07, 6.45) is 3.50. The Bertz CT molecular complexity index is 597. The topological polar surface area (TPSA) is 76.0 Å². The second-order valence-electron chi connectivity index (χ2n) is 3.83. The summed E-state index contributed by atoms with van der Waals surface area (Å²) in [6, 6.07) is 9.20. The lowest BCUT2D eigenvalue weighted by Gasteiger charge is -2.07. The van der Waals surface area contributed by atoms with Gasteiger partial charge in [0.1, 0.15) is 0 Å². The zero-order chi connectivity index (χ0) is 14.4. The van der Waals surface area contributed by atoms with Gasteiger partial charge in [-0.3, -0.25) is 14.7 Å². The highest BCUT2D eigenvalue weighted by atomic mass is 32.2. The van der Waals surface area contributed by atoms with Crippen molar-refractivity contribution in [2.45, 2.75) is 5.16 Å². The van der Waals surface area contributed by atoms with Gasteiger partial charge in [0.25, 0.3) is 0 Å². The monoisotopic (exact) mass is 290 g/mol. The van der Waals surface area contributed by atoms with Crippen molar-refractivity contribution in [1.82, 2.24) is 20.2 Å². The Morgan fingerprint density at radius 1 is 1.30 bits per heavy atom. The standard InChI is InChI=1S/C13H14N4O2S/c1-14-12(19)16-11(18)9-20-13-15-7-8-17(13)10-5-3-2-4-6-10/h2-8H,9H2,1H3,(H2,14,16,18,19). The molecule has 2 aromatic rings. The first-order chi connectivity index (χ1) is 9.70. The molecule has 0 radical (unpaired) electrons. The van der Waals surface area contributed by atoms with E-state index in [0.29, 0.717) is 5.16 Å². The fourth-order valence-electron chi connectivity index (χ4n) is 1.54. The smallest absolute Gasteiger partial charge is 0.321 e. The number of imide groups is 1. The largest absolute Gasteiger partial charge is 0.341 e. The minimum absolute atomic E-state index is 0.122. The molecule has 0 aliphatic heterocycles. The molecule has 0 atom stereocenters. The first-order valence-corrected chi connectivity index (χ1v) is 6.92. The summed E-state index contributed by atoms with van der Waals surface area (Å²) in [5.74, 6) is -0.242. The zero-order valence-corrected chi connectivity index (χ0v) is 11.7. The number of amides is 3. The highest BCUT2D eigenvalue weighted by Gasteiger charge is 2.10. The van der Waals surface area contributed by atoms with E-state index < -0.39 is 6.03 Å². The molecule has 0 saturated carbocycles. The summed E-state index contributed by atoms with van der Waals surface area (Å²) in [6.45, 7) is 0. The van der Waals surface area contributed by atoms with E-state index in [0.717, 1.165) is 5.69 Å². The summed E-state index contributed by atoms with van der Waals surface area (Å²) in [7, 11) is 1.46. The molecule has 6 nitrogen and oxygen atoms in total. The van der Waals surface area contributed by atoms with Crippen LogP contribution in [-0.4, -0.2) is 34.3 Å². The van der Waals surface area contributed by atoms with Gasteiger partial charge in [-0.15, -0.1) is 0 Å². The molecular formula is C13H14N4O2S. The summed E-state index contributed by atoms with van der Waals surface area (Å²) in [4.78, 5) is 26.7. The normalized spacial score (nSPS) is 10.1. The third kappa shape index (κ3) is 3.61. The van der Waals surface area contributed by atoms with Crippen molar-refractivity contribution < 1.29 is 9.59 Å². The van der Waals surface area contributed by atoms with Gasteiger partial charge in [-0.05, 0) is 12.1 Å². The van der Waals surface area contributed by atoms with E-state index in [2.05, 4.69) is 15.6 Å². The molecule has 0 saturated heterocycles. The van der Waals surface area contributed by atoms with Crippen LogP contribution in [0.5, 0.6) is 0 Å². The maximum absolute atomic E-state index is 11.5. The second kappa shape index (κ2) is 6.76. The predicted octanol–water partition coefficient (Wildman–Crippen LogP) is 1.42. The van der Waals surface area contributed by atoms with Crippen LogP contribution in [0, 0.1) is 0 Å². The number of aromatic nitrogens is 2. The first kappa shape index (κ1) is 14.1. The van der Waals surface area contributed by atoms with Gasteiger partial charge in [-0.25, -0.2) is 9.78 Å². The predicted molar refractivity (Wildman–Crippen MR) is 76.9 cm³/mol. The first-order valence-electron chi connectivity index (χ1n) is 5.94. The maximum Gasteiger partial charge on any atom is 0.321 e. The van der Waals surface area contributed by atoms with Crippen molar-refractivity contribution in [1.29, 1.82) is 0 Å². The molecule has 2 rings (SSSR count). The average molecular weight is 290 g/mol. The number of hydrogen-bond donors (Lipinski definition) is 2. The molecule has 1 aromatic carbocycles. The van der Waals surface area contributed by atoms with Crippen LogP contribution in [0.2, 0.25) is 0 Å². The summed E-state index contributed by atoms with van der Waals surface area (Å²) >= 11 is 1.27. The molecule has 0 bridgehead atoms. The lowest BCUT2D eigenvalue weighted by Crippen LogP contribution is -2.38. The number of carbonyl (C=O) groups is 2. The average Bonchev–Trinajstić information content (AvgIpc) is 2.94. The quantitative estimate of drug-likeness (QED) is 0.835. The Morgan fingerprint density at radius 2 is 2.05 bits per heavy atom. The minimum atomic E-state index is -0.512. The van der Waals surface area contributed by atoms with Gasteiger partial charge in [0.15, 0.2) is 5.16 Å². The van der Waals surface area contributed by atoms with Crippen LogP contribution in [-0.2, 0) is 4.79 Å². The van der Waals surface area contributed by atoms with Crippen LogP contribution >= 0.6 is 11.8 Å². The Morgan fingerprint density at radius 3 is 2.75 bits per heavy atom. The zero-order valence-electron chi connectivity index (χ0n) is 10.9. The summed E-state index contributed by atoms with van der Waals surface area (Å²) < 4.78 is 1.89. The van der Waals surface area contributed by atoms with E-state index >= 15 is 0 Å². The van der Waals surface area contributed by atoms with Crippen LogP contribution in [0.3, 0.4) is 0 Å². The van der Waals surface area contributed by atoms with Crippen LogP contribution in [0.25, 0.3) is 5.69 Å². The molecule has 1 aromatic heterocycles. The number of carbonyl (C=O) groups excluding carboxylic acids is 2. The number of para-hydroxylation sites is 1. The van der Waals surface area contributed by atoms with Gasteiger partial charge in [-0.1, -0.05) is 30.0 Å². The third-order valence-electron chi connectivity index (χ3n) is 2.45. The molecule has 0 aliphatic rings. The van der Waals surface area contributed by atoms with E-state index in [-0.39, 0.29) is 11.7 Å². The number of imidazole rings is 1. The van der Waals surface area contributed by atoms with Gasteiger partial charge in [0, 0.05) is 25.1 Å². The van der Waals surface area contributed by atoms with Crippen LogP contribution < -0.4 is 10.6 Å². The van der Waals surface area contributed by atoms with Crippen molar-refractivity contribution in [3.05, 3.63) is 42.7 Å². The fourth-order valence-corrected chi connectivity index (χ4v) is 2.31. The maximum atomic E-state index is 11.5. The number of benzene rings is 1. The highest BCUT2D eigenvalue weighted by Crippen LogP contribution is 2.19. The third-order valence-corrected chi connectivity index (χ3v) is 3.42. The summed E-state index contributed by atoms with van der Waals surface area (Å²) in [5, 5.41) is 5.23. The number of nitrogens with zero attached hydrogens (tertiary/aromatic N) is 2. The Kier molecular flexibility index (Phi) is 4.78. The molecule has 3 amide bonds. The van der Waals surface area contributed by atoms with E-state index in [1.165, 1.54) is 18.8 Å². The number of nitrogens with one attached hydrogen (secondary N) is 2. The Labute approximate surface area is 120 Å². The van der Waals surface area contributed by atoms with Crippen molar-refractivity contribution in [2.24, 2.45) is 0 Å². The number of thioether (sulfide) groups is 1. The van der Waals surface area contributed by atoms with E-state index in [1.54, 1.807) is 6.20 Å². The highest BCUT2D eigenvalue weighted by molar-refractivity contribution is 7.99. The van der Waals surface area contributed by atoms with Crippen LogP contribution in [0.4, 0.5) is 4.79 Å². The molecule has 20 heavy (non-hydrogen) atoms. The molecule has 0 fully saturated rings. The molecule has 0 unspecified atom stereocenters. The lowest BCUT2D eigenvalue weighted by atomic mass is 10.3. The number of urea groups is 1. The molecule has 0 aliphatic carbocycles. The van der Waals surface area contributed by atoms with E-state index in [4.69, 9.17) is 0 Å². The van der Waals surface area contributed by atoms with Gasteiger partial charge in [0.2, 0.25) is 5.91 Å². The van der Waals surface area contributed by atoms with E-state index in [9.17, 15) is 9.59 Å². The number of rotatable bonds is 4. The van der Waals surface area contributed by atoms with Gasteiger partial charge >= 0.3 is 6.03 Å². The number of hydrogen-bond acceptors (Lipinski definition) is 4. The molecule has 1 heterocycles. The van der Waals surface area contributed by atoms with Crippen molar-refractivity contribution >= 4 is 23.7 Å². The minimum Gasteiger partial charge on any atom is -0.341 e. The van der Waals surface area contributed by atoms with Crippen molar-refractivity contribution in [3.63, 3.8) is 0 Å². The van der Waals surface area contributed by atoms with Gasteiger partial charge < -0.3 is 5.32 Å². The SMILES string of the molecule is CNC(=O)NC(=O)CSc1nccn1-c1ccccc1. The van der Waals surface area contributed by atoms with Crippen LogP contribution in [0.15, 0.2) is 47.9 Å². The fraction of sp³-hybridized carbons (Fsp3) is 0.154. The van der Waals surface area contributed by atoms with E-state index in [1.807, 2.05) is 41.1 Å². The Balaban J connectivity index is 2.00. The van der Waals surface area contributed by atoms with Crippen molar-refractivity contribution in [2.75, 3.05) is 12.8 Å². The van der Waals surface area contributed by atoms with Crippen molar-refractivity contribution in [3.8, 4) is 5.69 Å². The second-order valence-corrected chi connectivity index (χ2v) is 4.77. The Hall–Kier alpha value is -2.28. The molecule has 0 spiro atoms. The van der Waals surface area contributed by atoms with Gasteiger partial charge in [-0.2, -0.15) is 0 Å². The molecular weight excluding hydrogens is 276 g/mol. The van der Waals surface area contributed by atoms with Crippen LogP contribution in [0.1, 0.15) is 0 Å². The molecule has 104 valence electrons.